The van der Waals surface area contributed by atoms with Crippen molar-refractivity contribution < 1.29 is 17.6 Å². The van der Waals surface area contributed by atoms with Crippen molar-refractivity contribution in [3.8, 4) is 12.1 Å². The van der Waals surface area contributed by atoms with Crippen LogP contribution in [-0.4, -0.2) is 0 Å². The van der Waals surface area contributed by atoms with Crippen LogP contribution < -0.4 is 11.5 Å². The number of hydrogen-bond donors (Lipinski definition) is 2. The van der Waals surface area contributed by atoms with Gasteiger partial charge < -0.3 is 11.5 Å². The molecule has 0 amide bonds. The maximum atomic E-state index is 13.4. The molecule has 0 saturated heterocycles. The van der Waals surface area contributed by atoms with E-state index in [4.69, 9.17) is 22.0 Å². The summed E-state index contributed by atoms with van der Waals surface area (Å²) in [5.41, 5.74) is 4.77. The second-order valence-corrected chi connectivity index (χ2v) is 2.99. The Morgan fingerprint density at radius 1 is 0.941 bits per heavy atom. The van der Waals surface area contributed by atoms with Crippen LogP contribution in [0.25, 0.3) is 0 Å². The van der Waals surface area contributed by atoms with Crippen molar-refractivity contribution in [1.29, 1.82) is 10.5 Å². The lowest BCUT2D eigenvalue weighted by molar-refractivity contribution is -0.139. The molecule has 88 valence electrons. The van der Waals surface area contributed by atoms with Gasteiger partial charge in [-0.2, -0.15) is 23.7 Å². The lowest BCUT2D eigenvalue weighted by Gasteiger charge is -2.14. The van der Waals surface area contributed by atoms with Crippen LogP contribution in [0, 0.1) is 28.5 Å². The number of nitriles is 2. The van der Waals surface area contributed by atoms with E-state index in [2.05, 4.69) is 0 Å². The minimum atomic E-state index is -5.11. The van der Waals surface area contributed by atoms with Crippen molar-refractivity contribution in [2.45, 2.75) is 6.18 Å². The van der Waals surface area contributed by atoms with E-state index in [1.165, 1.54) is 12.1 Å². The Labute approximate surface area is 92.7 Å². The summed E-state index contributed by atoms with van der Waals surface area (Å²) >= 11 is 0. The normalized spacial score (nSPS) is 10.7. The van der Waals surface area contributed by atoms with E-state index in [-0.39, 0.29) is 0 Å². The number of halogens is 4. The first-order valence-corrected chi connectivity index (χ1v) is 4.03. The molecule has 17 heavy (non-hydrogen) atoms. The molecular weight excluding hydrogens is 240 g/mol. The highest BCUT2D eigenvalue weighted by atomic mass is 19.4. The zero-order chi connectivity index (χ0) is 13.4. The van der Waals surface area contributed by atoms with Gasteiger partial charge in [0.15, 0.2) is 5.82 Å². The molecule has 0 spiro atoms. The van der Waals surface area contributed by atoms with Crippen LogP contribution in [0.15, 0.2) is 0 Å². The van der Waals surface area contributed by atoms with E-state index < -0.39 is 40.1 Å². The Balaban J connectivity index is 3.89. The topological polar surface area (TPSA) is 99.6 Å². The minimum Gasteiger partial charge on any atom is -0.397 e. The minimum absolute atomic E-state index is 0.696. The fourth-order valence-electron chi connectivity index (χ4n) is 1.26. The molecule has 0 radical (unpaired) electrons. The Kier molecular flexibility index (Phi) is 2.84. The number of anilines is 2. The van der Waals surface area contributed by atoms with Gasteiger partial charge in [-0.1, -0.05) is 0 Å². The van der Waals surface area contributed by atoms with Crippen molar-refractivity contribution in [2.24, 2.45) is 0 Å². The lowest BCUT2D eigenvalue weighted by Crippen LogP contribution is -2.16. The first-order chi connectivity index (χ1) is 7.75. The van der Waals surface area contributed by atoms with E-state index in [1.807, 2.05) is 0 Å². The third-order valence-electron chi connectivity index (χ3n) is 2.02. The highest BCUT2D eigenvalue weighted by Crippen LogP contribution is 2.40. The average molecular weight is 244 g/mol. The van der Waals surface area contributed by atoms with Crippen LogP contribution in [-0.2, 0) is 6.18 Å². The van der Waals surface area contributed by atoms with Crippen molar-refractivity contribution >= 4 is 11.4 Å². The molecule has 4 nitrogen and oxygen atoms in total. The van der Waals surface area contributed by atoms with E-state index in [0.29, 0.717) is 0 Å². The monoisotopic (exact) mass is 244 g/mol. The van der Waals surface area contributed by atoms with Gasteiger partial charge in [-0.15, -0.1) is 0 Å². The van der Waals surface area contributed by atoms with Gasteiger partial charge in [0.25, 0.3) is 0 Å². The molecule has 0 atom stereocenters. The Morgan fingerprint density at radius 2 is 1.41 bits per heavy atom. The molecule has 0 aliphatic carbocycles. The highest BCUT2D eigenvalue weighted by Gasteiger charge is 2.40. The Hall–Kier alpha value is -2.48. The second-order valence-electron chi connectivity index (χ2n) is 2.99. The third kappa shape index (κ3) is 1.81. The molecule has 1 rings (SSSR count). The molecule has 1 aromatic rings. The standard InChI is InChI=1S/C9H4F4N4/c10-6-3(1-14)7(16)4(2-15)8(17)5(6)9(11,12)13/h16-17H2. The van der Waals surface area contributed by atoms with Gasteiger partial charge in [0.05, 0.1) is 11.4 Å². The molecule has 0 aromatic heterocycles. The molecule has 4 N–H and O–H groups in total. The second kappa shape index (κ2) is 3.83. The largest absolute Gasteiger partial charge is 0.421 e. The summed E-state index contributed by atoms with van der Waals surface area (Å²) < 4.78 is 50.9. The number of benzene rings is 1. The molecule has 1 aromatic carbocycles. The van der Waals surface area contributed by atoms with Crippen molar-refractivity contribution in [3.05, 3.63) is 22.5 Å². The summed E-state index contributed by atoms with van der Waals surface area (Å²) in [7, 11) is 0. The van der Waals surface area contributed by atoms with Gasteiger partial charge in [-0.3, -0.25) is 0 Å². The van der Waals surface area contributed by atoms with Crippen molar-refractivity contribution in [3.63, 3.8) is 0 Å². The maximum Gasteiger partial charge on any atom is 0.421 e. The Bertz CT molecular complexity index is 521. The van der Waals surface area contributed by atoms with Gasteiger partial charge in [-0.25, -0.2) is 4.39 Å². The summed E-state index contributed by atoms with van der Waals surface area (Å²) in [5.74, 6) is -1.87. The van der Waals surface area contributed by atoms with E-state index >= 15 is 0 Å². The van der Waals surface area contributed by atoms with Crippen LogP contribution in [0.4, 0.5) is 28.9 Å². The summed E-state index contributed by atoms with van der Waals surface area (Å²) in [6, 6.07) is 2.48. The summed E-state index contributed by atoms with van der Waals surface area (Å²) in [6.07, 6.45) is -5.11. The molecule has 0 bridgehead atoms. The number of alkyl halides is 3. The van der Waals surface area contributed by atoms with E-state index in [0.717, 1.165) is 0 Å². The van der Waals surface area contributed by atoms with Gasteiger partial charge in [-0.05, 0) is 0 Å². The van der Waals surface area contributed by atoms with Crippen LogP contribution in [0.1, 0.15) is 16.7 Å². The van der Waals surface area contributed by atoms with Crippen molar-refractivity contribution in [2.75, 3.05) is 11.5 Å². The number of nitrogens with two attached hydrogens (primary N) is 2. The number of hydrogen-bond acceptors (Lipinski definition) is 4. The molecule has 0 aliphatic heterocycles. The molecule has 0 heterocycles. The van der Waals surface area contributed by atoms with E-state index in [9.17, 15) is 17.6 Å². The fraction of sp³-hybridized carbons (Fsp3) is 0.111. The van der Waals surface area contributed by atoms with Gasteiger partial charge in [0, 0.05) is 0 Å². The first-order valence-electron chi connectivity index (χ1n) is 4.03. The maximum absolute atomic E-state index is 13.4. The number of nitrogens with zero attached hydrogens (tertiary/aromatic N) is 2. The van der Waals surface area contributed by atoms with Crippen LogP contribution in [0.3, 0.4) is 0 Å². The summed E-state index contributed by atoms with van der Waals surface area (Å²) in [6.45, 7) is 0. The van der Waals surface area contributed by atoms with Crippen LogP contribution in [0.2, 0.25) is 0 Å². The molecule has 0 aliphatic rings. The summed E-state index contributed by atoms with van der Waals surface area (Å²) in [5, 5.41) is 17.1. The zero-order valence-corrected chi connectivity index (χ0v) is 8.06. The molecular formula is C9H4F4N4. The number of rotatable bonds is 0. The first kappa shape index (κ1) is 12.6. The number of nitrogen functional groups attached to an aromatic ring is 2. The fourth-order valence-corrected chi connectivity index (χ4v) is 1.26. The van der Waals surface area contributed by atoms with Gasteiger partial charge >= 0.3 is 6.18 Å². The molecule has 0 unspecified atom stereocenters. The van der Waals surface area contributed by atoms with Gasteiger partial charge in [0.1, 0.15) is 28.8 Å². The third-order valence-corrected chi connectivity index (χ3v) is 2.02. The van der Waals surface area contributed by atoms with Gasteiger partial charge in [0.2, 0.25) is 0 Å². The molecule has 0 fully saturated rings. The molecule has 8 heteroatoms. The summed E-state index contributed by atoms with van der Waals surface area (Å²) in [4.78, 5) is 0. The average Bonchev–Trinajstić information content (AvgIpc) is 2.16. The Morgan fingerprint density at radius 3 is 1.76 bits per heavy atom. The van der Waals surface area contributed by atoms with Crippen molar-refractivity contribution in [1.82, 2.24) is 0 Å². The quantitative estimate of drug-likeness (QED) is 0.536. The SMILES string of the molecule is N#Cc1c(N)c(C#N)c(F)c(C(F)(F)F)c1N. The predicted molar refractivity (Wildman–Crippen MR) is 49.7 cm³/mol. The smallest absolute Gasteiger partial charge is 0.397 e. The van der Waals surface area contributed by atoms with Crippen LogP contribution >= 0.6 is 0 Å². The highest BCUT2D eigenvalue weighted by molar-refractivity contribution is 5.77. The van der Waals surface area contributed by atoms with Crippen LogP contribution in [0.5, 0.6) is 0 Å². The molecule has 0 saturated carbocycles. The lowest BCUT2D eigenvalue weighted by atomic mass is 10.00. The van der Waals surface area contributed by atoms with E-state index in [1.54, 1.807) is 0 Å². The predicted octanol–water partition coefficient (Wildman–Crippen LogP) is 1.75. The zero-order valence-electron chi connectivity index (χ0n) is 8.06.